The molecule has 0 aromatic carbocycles. The van der Waals surface area contributed by atoms with Crippen molar-refractivity contribution in [2.24, 2.45) is 11.8 Å². The lowest BCUT2D eigenvalue weighted by Gasteiger charge is -2.47. The van der Waals surface area contributed by atoms with Crippen LogP contribution in [0.1, 0.15) is 25.7 Å². The Balaban J connectivity index is 1.72. The van der Waals surface area contributed by atoms with Gasteiger partial charge in [0.1, 0.15) is 0 Å². The van der Waals surface area contributed by atoms with Crippen LogP contribution in [0.2, 0.25) is 0 Å². The minimum atomic E-state index is 0.809. The van der Waals surface area contributed by atoms with Crippen LogP contribution in [0.25, 0.3) is 0 Å². The van der Waals surface area contributed by atoms with Gasteiger partial charge in [0.15, 0.2) is 0 Å². The topological polar surface area (TPSA) is 24.5 Å². The Labute approximate surface area is 99.5 Å². The summed E-state index contributed by atoms with van der Waals surface area (Å²) in [6.45, 7) is 4.74. The van der Waals surface area contributed by atoms with E-state index < -0.39 is 0 Å². The number of likely N-dealkylation sites (tertiary alicyclic amines) is 1. The van der Waals surface area contributed by atoms with E-state index >= 15 is 0 Å². The molecular formula is C13H26N2O. The minimum absolute atomic E-state index is 0.809. The SMILES string of the molecule is CNCC1CCC1N1CCC(COC)CC1. The van der Waals surface area contributed by atoms with Crippen LogP contribution in [0, 0.1) is 11.8 Å². The Morgan fingerprint density at radius 2 is 1.94 bits per heavy atom. The highest BCUT2D eigenvalue weighted by Gasteiger charge is 2.36. The zero-order chi connectivity index (χ0) is 11.4. The normalized spacial score (nSPS) is 32.6. The van der Waals surface area contributed by atoms with Gasteiger partial charge in [0.2, 0.25) is 0 Å². The molecule has 1 saturated carbocycles. The van der Waals surface area contributed by atoms with Gasteiger partial charge in [-0.05, 0) is 64.2 Å². The van der Waals surface area contributed by atoms with Gasteiger partial charge in [-0.3, -0.25) is 0 Å². The van der Waals surface area contributed by atoms with Crippen LogP contribution in [0.15, 0.2) is 0 Å². The Bertz CT molecular complexity index is 202. The van der Waals surface area contributed by atoms with E-state index in [9.17, 15) is 0 Å². The standard InChI is InChI=1S/C13H26N2O/c1-14-9-12-3-4-13(12)15-7-5-11(6-8-15)10-16-2/h11-14H,3-10H2,1-2H3. The molecule has 2 rings (SSSR count). The van der Waals surface area contributed by atoms with E-state index in [0.29, 0.717) is 0 Å². The number of methoxy groups -OCH3 is 1. The van der Waals surface area contributed by atoms with Gasteiger partial charge >= 0.3 is 0 Å². The van der Waals surface area contributed by atoms with E-state index in [1.54, 1.807) is 0 Å². The maximum Gasteiger partial charge on any atom is 0.0491 e. The second kappa shape index (κ2) is 5.99. The van der Waals surface area contributed by atoms with Gasteiger partial charge in [-0.1, -0.05) is 0 Å². The fourth-order valence-electron chi connectivity index (χ4n) is 3.22. The van der Waals surface area contributed by atoms with Crippen molar-refractivity contribution in [1.29, 1.82) is 0 Å². The smallest absolute Gasteiger partial charge is 0.0491 e. The predicted octanol–water partition coefficient (Wildman–Crippen LogP) is 1.34. The monoisotopic (exact) mass is 226 g/mol. The highest BCUT2D eigenvalue weighted by molar-refractivity contribution is 4.91. The first-order valence-electron chi connectivity index (χ1n) is 6.72. The maximum absolute atomic E-state index is 5.25. The molecule has 94 valence electrons. The second-order valence-corrected chi connectivity index (χ2v) is 5.40. The quantitative estimate of drug-likeness (QED) is 0.766. The zero-order valence-corrected chi connectivity index (χ0v) is 10.7. The lowest BCUT2D eigenvalue weighted by atomic mass is 9.77. The molecule has 3 heteroatoms. The van der Waals surface area contributed by atoms with Gasteiger partial charge in [0, 0.05) is 19.8 Å². The van der Waals surface area contributed by atoms with Crippen LogP contribution >= 0.6 is 0 Å². The molecule has 2 fully saturated rings. The van der Waals surface area contributed by atoms with E-state index in [1.165, 1.54) is 45.3 Å². The summed E-state index contributed by atoms with van der Waals surface area (Å²) < 4.78 is 5.25. The predicted molar refractivity (Wildman–Crippen MR) is 66.6 cm³/mol. The molecule has 0 bridgehead atoms. The van der Waals surface area contributed by atoms with Gasteiger partial charge in [0.25, 0.3) is 0 Å². The van der Waals surface area contributed by atoms with Gasteiger partial charge in [-0.15, -0.1) is 0 Å². The third kappa shape index (κ3) is 2.76. The third-order valence-corrected chi connectivity index (χ3v) is 4.36. The summed E-state index contributed by atoms with van der Waals surface area (Å²) in [6.07, 6.45) is 5.50. The average molecular weight is 226 g/mol. The number of rotatable bonds is 5. The molecule has 0 aromatic heterocycles. The Morgan fingerprint density at radius 3 is 2.44 bits per heavy atom. The van der Waals surface area contributed by atoms with Gasteiger partial charge in [-0.2, -0.15) is 0 Å². The van der Waals surface area contributed by atoms with Crippen LogP contribution in [0.3, 0.4) is 0 Å². The number of nitrogens with zero attached hydrogens (tertiary/aromatic N) is 1. The Morgan fingerprint density at radius 1 is 1.19 bits per heavy atom. The highest BCUT2D eigenvalue weighted by atomic mass is 16.5. The van der Waals surface area contributed by atoms with Crippen LogP contribution in [0.5, 0.6) is 0 Å². The first-order valence-corrected chi connectivity index (χ1v) is 6.72. The van der Waals surface area contributed by atoms with Crippen molar-refractivity contribution < 1.29 is 4.74 Å². The second-order valence-electron chi connectivity index (χ2n) is 5.40. The van der Waals surface area contributed by atoms with Crippen LogP contribution < -0.4 is 5.32 Å². The molecule has 1 saturated heterocycles. The van der Waals surface area contributed by atoms with Crippen molar-refractivity contribution in [3.8, 4) is 0 Å². The van der Waals surface area contributed by atoms with Gasteiger partial charge in [0.05, 0.1) is 0 Å². The van der Waals surface area contributed by atoms with Crippen molar-refractivity contribution in [1.82, 2.24) is 10.2 Å². The maximum atomic E-state index is 5.25. The van der Waals surface area contributed by atoms with Crippen molar-refractivity contribution >= 4 is 0 Å². The summed E-state index contributed by atoms with van der Waals surface area (Å²) in [5.41, 5.74) is 0. The first kappa shape index (κ1) is 12.3. The van der Waals surface area contributed by atoms with Gasteiger partial charge < -0.3 is 15.0 Å². The fourth-order valence-corrected chi connectivity index (χ4v) is 3.22. The van der Waals surface area contributed by atoms with Crippen LogP contribution in [-0.4, -0.2) is 51.3 Å². The Kier molecular flexibility index (Phi) is 4.62. The van der Waals surface area contributed by atoms with E-state index in [0.717, 1.165) is 24.5 Å². The van der Waals surface area contributed by atoms with Crippen LogP contribution in [-0.2, 0) is 4.74 Å². The van der Waals surface area contributed by atoms with E-state index in [4.69, 9.17) is 4.74 Å². The molecule has 1 aliphatic heterocycles. The summed E-state index contributed by atoms with van der Waals surface area (Å²) in [5.74, 6) is 1.72. The number of ether oxygens (including phenoxy) is 1. The van der Waals surface area contributed by atoms with E-state index in [1.807, 2.05) is 7.11 Å². The van der Waals surface area contributed by atoms with E-state index in [2.05, 4.69) is 17.3 Å². The lowest BCUT2D eigenvalue weighted by Crippen LogP contribution is -2.52. The third-order valence-electron chi connectivity index (χ3n) is 4.36. The molecule has 16 heavy (non-hydrogen) atoms. The summed E-state index contributed by atoms with van der Waals surface area (Å²) in [5, 5.41) is 3.32. The molecule has 0 aromatic rings. The van der Waals surface area contributed by atoms with Crippen molar-refractivity contribution in [3.63, 3.8) is 0 Å². The Hall–Kier alpha value is -0.120. The molecule has 1 N–H and O–H groups in total. The summed E-state index contributed by atoms with van der Waals surface area (Å²) in [7, 11) is 3.89. The molecule has 2 atom stereocenters. The lowest BCUT2D eigenvalue weighted by molar-refractivity contribution is 0.0209. The molecule has 3 nitrogen and oxygen atoms in total. The number of hydrogen-bond donors (Lipinski definition) is 1. The minimum Gasteiger partial charge on any atom is -0.384 e. The molecule has 0 spiro atoms. The first-order chi connectivity index (χ1) is 7.85. The van der Waals surface area contributed by atoms with Crippen LogP contribution in [0.4, 0.5) is 0 Å². The van der Waals surface area contributed by atoms with E-state index in [-0.39, 0.29) is 0 Å². The molecule has 1 aliphatic carbocycles. The van der Waals surface area contributed by atoms with Crippen molar-refractivity contribution in [2.75, 3.05) is 40.4 Å². The summed E-state index contributed by atoms with van der Waals surface area (Å²) >= 11 is 0. The molecule has 0 amide bonds. The summed E-state index contributed by atoms with van der Waals surface area (Å²) in [6, 6.07) is 0.871. The fraction of sp³-hybridized carbons (Fsp3) is 1.00. The summed E-state index contributed by atoms with van der Waals surface area (Å²) in [4.78, 5) is 2.72. The molecule has 2 unspecified atom stereocenters. The average Bonchev–Trinajstić information content (AvgIpc) is 2.27. The largest absolute Gasteiger partial charge is 0.384 e. The van der Waals surface area contributed by atoms with Crippen molar-refractivity contribution in [3.05, 3.63) is 0 Å². The van der Waals surface area contributed by atoms with Gasteiger partial charge in [-0.25, -0.2) is 0 Å². The highest BCUT2D eigenvalue weighted by Crippen LogP contribution is 2.34. The molecule has 2 aliphatic rings. The van der Waals surface area contributed by atoms with Crippen molar-refractivity contribution in [2.45, 2.75) is 31.7 Å². The number of piperidine rings is 1. The zero-order valence-electron chi connectivity index (χ0n) is 10.7. The number of nitrogens with one attached hydrogen (secondary N) is 1. The molecule has 0 radical (unpaired) electrons. The molecule has 1 heterocycles. The molecular weight excluding hydrogens is 200 g/mol. The number of hydrogen-bond acceptors (Lipinski definition) is 3.